The van der Waals surface area contributed by atoms with E-state index in [1.807, 2.05) is 19.1 Å². The molecule has 1 aliphatic heterocycles. The Balaban J connectivity index is 2.30. The van der Waals surface area contributed by atoms with Gasteiger partial charge >= 0.3 is 0 Å². The molecule has 0 fully saturated rings. The van der Waals surface area contributed by atoms with Gasteiger partial charge in [-0.3, -0.25) is 0 Å². The molecule has 1 aliphatic rings. The molecule has 14 heavy (non-hydrogen) atoms. The molecule has 0 aromatic heterocycles. The molecule has 0 saturated carbocycles. The summed E-state index contributed by atoms with van der Waals surface area (Å²) in [6.07, 6.45) is 1.24. The van der Waals surface area contributed by atoms with E-state index in [1.54, 1.807) is 0 Å². The lowest BCUT2D eigenvalue weighted by Crippen LogP contribution is -2.29. The highest BCUT2D eigenvalue weighted by atomic mass is 79.9. The number of nitrogens with zero attached hydrogens (tertiary/aromatic N) is 1. The number of rotatable bonds is 1. The van der Waals surface area contributed by atoms with Gasteiger partial charge in [-0.1, -0.05) is 15.9 Å². The van der Waals surface area contributed by atoms with Crippen LogP contribution in [0.2, 0.25) is 0 Å². The molecule has 1 aromatic rings. The summed E-state index contributed by atoms with van der Waals surface area (Å²) in [5.74, 6) is 0.908. The van der Waals surface area contributed by atoms with Crippen LogP contribution in [0.5, 0.6) is 5.75 Å². The molecule has 3 heteroatoms. The second-order valence-electron chi connectivity index (χ2n) is 3.82. The molecule has 0 saturated heterocycles. The van der Waals surface area contributed by atoms with Gasteiger partial charge in [0.05, 0.1) is 12.5 Å². The third-order valence-corrected chi connectivity index (χ3v) is 2.89. The molecule has 1 atom stereocenters. The predicted molar refractivity (Wildman–Crippen MR) is 57.1 cm³/mol. The first-order chi connectivity index (χ1) is 6.63. The quantitative estimate of drug-likeness (QED) is 0.769. The van der Waals surface area contributed by atoms with Crippen molar-refractivity contribution in [2.24, 2.45) is 0 Å². The first kappa shape index (κ1) is 9.54. The van der Waals surface area contributed by atoms with Gasteiger partial charge in [-0.25, -0.2) is 0 Å². The lowest BCUT2D eigenvalue weighted by Gasteiger charge is -2.19. The Morgan fingerprint density at radius 2 is 2.43 bits per heavy atom. The van der Waals surface area contributed by atoms with Crippen molar-refractivity contribution in [3.05, 3.63) is 28.2 Å². The zero-order chi connectivity index (χ0) is 10.2. The van der Waals surface area contributed by atoms with Crippen molar-refractivity contribution in [2.45, 2.75) is 25.4 Å². The van der Waals surface area contributed by atoms with Crippen molar-refractivity contribution in [3.63, 3.8) is 0 Å². The molecular weight excluding hydrogens is 242 g/mol. The fourth-order valence-electron chi connectivity index (χ4n) is 1.76. The maximum Gasteiger partial charge on any atom is 0.123 e. The van der Waals surface area contributed by atoms with Crippen molar-refractivity contribution in [1.82, 2.24) is 0 Å². The maximum atomic E-state index is 8.69. The minimum absolute atomic E-state index is 0.335. The van der Waals surface area contributed by atoms with Gasteiger partial charge in [0.2, 0.25) is 0 Å². The van der Waals surface area contributed by atoms with E-state index in [2.05, 4.69) is 28.1 Å². The number of halogens is 1. The van der Waals surface area contributed by atoms with E-state index in [9.17, 15) is 0 Å². The summed E-state index contributed by atoms with van der Waals surface area (Å²) in [6, 6.07) is 8.12. The Bertz CT molecular complexity index is 410. The van der Waals surface area contributed by atoms with Crippen LogP contribution >= 0.6 is 15.9 Å². The van der Waals surface area contributed by atoms with Crippen LogP contribution in [0.4, 0.5) is 0 Å². The molecule has 1 unspecified atom stereocenters. The maximum absolute atomic E-state index is 8.69. The number of hydrogen-bond donors (Lipinski definition) is 0. The van der Waals surface area contributed by atoms with E-state index in [4.69, 9.17) is 10.00 Å². The second-order valence-corrected chi connectivity index (χ2v) is 4.73. The van der Waals surface area contributed by atoms with Crippen molar-refractivity contribution in [2.75, 3.05) is 0 Å². The largest absolute Gasteiger partial charge is 0.486 e. The lowest BCUT2D eigenvalue weighted by molar-refractivity contribution is 0.122. The van der Waals surface area contributed by atoms with E-state index in [-0.39, 0.29) is 5.60 Å². The normalized spacial score (nSPS) is 23.8. The molecule has 0 spiro atoms. The Morgan fingerprint density at radius 3 is 3.14 bits per heavy atom. The number of benzene rings is 1. The standard InChI is InChI=1S/C11H10BrNO/c1-11(4-5-13)7-8-6-9(12)2-3-10(8)14-11/h2-3,6H,4,7H2,1H3. The Kier molecular flexibility index (Phi) is 2.24. The minimum atomic E-state index is -0.335. The van der Waals surface area contributed by atoms with E-state index >= 15 is 0 Å². The first-order valence-electron chi connectivity index (χ1n) is 4.47. The third-order valence-electron chi connectivity index (χ3n) is 2.40. The van der Waals surface area contributed by atoms with Crippen molar-refractivity contribution in [1.29, 1.82) is 5.26 Å². The van der Waals surface area contributed by atoms with E-state index in [0.29, 0.717) is 6.42 Å². The predicted octanol–water partition coefficient (Wildman–Crippen LogP) is 3.06. The van der Waals surface area contributed by atoms with Gasteiger partial charge in [-0.15, -0.1) is 0 Å². The van der Waals surface area contributed by atoms with E-state index in [0.717, 1.165) is 16.6 Å². The molecule has 0 radical (unpaired) electrons. The Labute approximate surface area is 91.6 Å². The highest BCUT2D eigenvalue weighted by Crippen LogP contribution is 2.37. The molecule has 2 rings (SSSR count). The first-order valence-corrected chi connectivity index (χ1v) is 5.27. The van der Waals surface area contributed by atoms with Gasteiger partial charge in [0.15, 0.2) is 0 Å². The number of nitriles is 1. The summed E-state index contributed by atoms with van der Waals surface area (Å²) in [4.78, 5) is 0. The smallest absolute Gasteiger partial charge is 0.123 e. The zero-order valence-corrected chi connectivity index (χ0v) is 9.47. The second kappa shape index (κ2) is 3.29. The van der Waals surface area contributed by atoms with Crippen LogP contribution in [0.15, 0.2) is 22.7 Å². The van der Waals surface area contributed by atoms with Crippen LogP contribution in [0.3, 0.4) is 0 Å². The SMILES string of the molecule is CC1(CC#N)Cc2cc(Br)ccc2O1. The summed E-state index contributed by atoms with van der Waals surface area (Å²) in [6.45, 7) is 1.98. The van der Waals surface area contributed by atoms with Crippen LogP contribution in [0.1, 0.15) is 18.9 Å². The van der Waals surface area contributed by atoms with Crippen LogP contribution in [0, 0.1) is 11.3 Å². The number of hydrogen-bond acceptors (Lipinski definition) is 2. The average Bonchev–Trinajstić information content (AvgIpc) is 2.40. The molecule has 1 aromatic carbocycles. The highest BCUT2D eigenvalue weighted by molar-refractivity contribution is 9.10. The number of fused-ring (bicyclic) bond motifs is 1. The minimum Gasteiger partial charge on any atom is -0.486 e. The summed E-state index contributed by atoms with van der Waals surface area (Å²) in [7, 11) is 0. The molecule has 72 valence electrons. The van der Waals surface area contributed by atoms with Crippen LogP contribution < -0.4 is 4.74 Å². The Morgan fingerprint density at radius 1 is 1.64 bits per heavy atom. The highest BCUT2D eigenvalue weighted by Gasteiger charge is 2.34. The van der Waals surface area contributed by atoms with Crippen molar-refractivity contribution >= 4 is 15.9 Å². The van der Waals surface area contributed by atoms with E-state index < -0.39 is 0 Å². The summed E-state index contributed by atoms with van der Waals surface area (Å²) >= 11 is 3.42. The molecular formula is C11H10BrNO. The van der Waals surface area contributed by atoms with Gasteiger partial charge in [0.25, 0.3) is 0 Å². The molecule has 1 heterocycles. The van der Waals surface area contributed by atoms with Gasteiger partial charge in [-0.2, -0.15) is 5.26 Å². The number of ether oxygens (including phenoxy) is 1. The van der Waals surface area contributed by atoms with Crippen molar-refractivity contribution in [3.8, 4) is 11.8 Å². The lowest BCUT2D eigenvalue weighted by atomic mass is 9.97. The molecule has 0 aliphatic carbocycles. The summed E-state index contributed by atoms with van der Waals surface area (Å²) < 4.78 is 6.80. The summed E-state index contributed by atoms with van der Waals surface area (Å²) in [5, 5.41) is 8.69. The average molecular weight is 252 g/mol. The fourth-order valence-corrected chi connectivity index (χ4v) is 2.16. The third kappa shape index (κ3) is 1.62. The van der Waals surface area contributed by atoms with Gasteiger partial charge in [0, 0.05) is 10.9 Å². The topological polar surface area (TPSA) is 33.0 Å². The van der Waals surface area contributed by atoms with Gasteiger partial charge in [-0.05, 0) is 30.7 Å². The summed E-state index contributed by atoms with van der Waals surface area (Å²) in [5.41, 5.74) is 0.842. The van der Waals surface area contributed by atoms with Gasteiger partial charge in [0.1, 0.15) is 11.4 Å². The monoisotopic (exact) mass is 251 g/mol. The molecule has 2 nitrogen and oxygen atoms in total. The van der Waals surface area contributed by atoms with Gasteiger partial charge < -0.3 is 4.74 Å². The zero-order valence-electron chi connectivity index (χ0n) is 7.88. The fraction of sp³-hybridized carbons (Fsp3) is 0.364. The Hall–Kier alpha value is -1.01. The van der Waals surface area contributed by atoms with Crippen molar-refractivity contribution < 1.29 is 4.74 Å². The van der Waals surface area contributed by atoms with E-state index in [1.165, 1.54) is 5.56 Å². The molecule has 0 bridgehead atoms. The molecule has 0 N–H and O–H groups in total. The van der Waals surface area contributed by atoms with Crippen LogP contribution in [-0.2, 0) is 6.42 Å². The van der Waals surface area contributed by atoms with Crippen LogP contribution in [-0.4, -0.2) is 5.60 Å². The van der Waals surface area contributed by atoms with Crippen LogP contribution in [0.25, 0.3) is 0 Å². The molecule has 0 amide bonds.